The van der Waals surface area contributed by atoms with E-state index in [0.29, 0.717) is 50.1 Å². The second kappa shape index (κ2) is 8.41. The van der Waals surface area contributed by atoms with E-state index in [0.717, 1.165) is 36.6 Å². The van der Waals surface area contributed by atoms with Crippen LogP contribution in [0.25, 0.3) is 33.2 Å². The van der Waals surface area contributed by atoms with Gasteiger partial charge in [-0.3, -0.25) is 4.68 Å². The number of halogens is 2. The molecule has 190 valence electrons. The molecule has 3 atom stereocenters. The fraction of sp³-hybridized carbons (Fsp3) is 0.458. The van der Waals surface area contributed by atoms with Crippen molar-refractivity contribution in [2.45, 2.75) is 44.7 Å². The van der Waals surface area contributed by atoms with E-state index in [4.69, 9.17) is 21.6 Å². The minimum atomic E-state index is -3.87. The molecule has 2 saturated heterocycles. The number of hydrogen-bond acceptors (Lipinski definition) is 6. The normalized spacial score (nSPS) is 22.4. The Morgan fingerprint density at radius 3 is 2.44 bits per heavy atom. The van der Waals surface area contributed by atoms with Crippen molar-refractivity contribution in [1.82, 2.24) is 28.0 Å². The number of hydrogen-bond donors (Lipinski definition) is 0. The summed E-state index contributed by atoms with van der Waals surface area (Å²) in [6, 6.07) is 4.51. The molecule has 9 nitrogen and oxygen atoms in total. The molecule has 6 rings (SSSR count). The van der Waals surface area contributed by atoms with Gasteiger partial charge >= 0.3 is 10.2 Å². The fourth-order valence-electron chi connectivity index (χ4n) is 5.87. The third kappa shape index (κ3) is 3.58. The van der Waals surface area contributed by atoms with Crippen LogP contribution in [0.4, 0.5) is 5.82 Å². The van der Waals surface area contributed by atoms with Crippen molar-refractivity contribution in [3.05, 3.63) is 34.2 Å². The van der Waals surface area contributed by atoms with Gasteiger partial charge in [0.25, 0.3) is 0 Å². The molecule has 2 fully saturated rings. The summed E-state index contributed by atoms with van der Waals surface area (Å²) < 4.78 is 31.5. The lowest BCUT2D eigenvalue weighted by Crippen LogP contribution is -2.43. The molecule has 1 unspecified atom stereocenters. The molecule has 0 spiro atoms. The van der Waals surface area contributed by atoms with Gasteiger partial charge < -0.3 is 4.90 Å². The smallest absolute Gasteiger partial charge is 0.308 e. The number of fused-ring (bicyclic) bond motifs is 4. The second-order valence-electron chi connectivity index (χ2n) is 10.2. The van der Waals surface area contributed by atoms with E-state index in [2.05, 4.69) is 32.9 Å². The van der Waals surface area contributed by atoms with Crippen LogP contribution in [-0.4, -0.2) is 62.6 Å². The van der Waals surface area contributed by atoms with Crippen LogP contribution in [0.15, 0.2) is 29.1 Å². The summed E-state index contributed by atoms with van der Waals surface area (Å²) in [6.07, 6.45) is 7.86. The number of benzene rings is 1. The molecular formula is C24H27BrClN7O2S. The zero-order valence-electron chi connectivity index (χ0n) is 20.5. The van der Waals surface area contributed by atoms with Crippen molar-refractivity contribution >= 4 is 65.6 Å². The van der Waals surface area contributed by atoms with Gasteiger partial charge in [-0.2, -0.15) is 17.8 Å². The molecule has 0 aliphatic carbocycles. The van der Waals surface area contributed by atoms with E-state index in [-0.39, 0.29) is 5.65 Å². The van der Waals surface area contributed by atoms with Crippen molar-refractivity contribution in [3.63, 3.8) is 0 Å². The molecule has 36 heavy (non-hydrogen) atoms. The van der Waals surface area contributed by atoms with Crippen LogP contribution in [0.5, 0.6) is 0 Å². The third-order valence-corrected chi connectivity index (χ3v) is 10.1. The molecular weight excluding hydrogens is 566 g/mol. The number of anilines is 1. The first kappa shape index (κ1) is 24.1. The highest BCUT2D eigenvalue weighted by Gasteiger charge is 2.41. The van der Waals surface area contributed by atoms with Crippen LogP contribution in [0.1, 0.15) is 32.6 Å². The van der Waals surface area contributed by atoms with E-state index in [1.54, 1.807) is 10.9 Å². The Bertz CT molecular complexity index is 1620. The van der Waals surface area contributed by atoms with Crippen molar-refractivity contribution in [2.75, 3.05) is 19.0 Å². The van der Waals surface area contributed by atoms with Crippen LogP contribution < -0.4 is 4.90 Å². The zero-order chi connectivity index (χ0) is 25.5. The predicted octanol–water partition coefficient (Wildman–Crippen LogP) is 4.82. The average molecular weight is 593 g/mol. The molecule has 1 aromatic carbocycles. The Morgan fingerprint density at radius 1 is 1.08 bits per heavy atom. The molecule has 0 amide bonds. The Kier molecular flexibility index (Phi) is 5.64. The van der Waals surface area contributed by atoms with Crippen molar-refractivity contribution in [1.29, 1.82) is 0 Å². The van der Waals surface area contributed by atoms with E-state index in [1.807, 2.05) is 25.4 Å². The van der Waals surface area contributed by atoms with Gasteiger partial charge in [0.2, 0.25) is 0 Å². The van der Waals surface area contributed by atoms with E-state index >= 15 is 0 Å². The summed E-state index contributed by atoms with van der Waals surface area (Å²) in [5.41, 5.74) is 2.80. The lowest BCUT2D eigenvalue weighted by Gasteiger charge is -2.39. The van der Waals surface area contributed by atoms with Gasteiger partial charge in [0.1, 0.15) is 10.1 Å². The summed E-state index contributed by atoms with van der Waals surface area (Å²) in [5, 5.41) is 5.71. The Balaban J connectivity index is 1.60. The highest BCUT2D eigenvalue weighted by atomic mass is 79.9. The molecule has 2 bridgehead atoms. The largest absolute Gasteiger partial charge is 0.348 e. The van der Waals surface area contributed by atoms with Gasteiger partial charge in [-0.1, -0.05) is 24.6 Å². The SMILES string of the molecule is CC1C[C@H]2CC[C@@H](C1)N2c1nc2c(nc1Br)c(-c1ccc3nn(C)cc3c1Cl)cn2S(=O)(=O)N(C)C. The summed E-state index contributed by atoms with van der Waals surface area (Å²) in [7, 11) is 0.987. The fourth-order valence-corrected chi connectivity index (χ4v) is 7.58. The van der Waals surface area contributed by atoms with Crippen molar-refractivity contribution in [3.8, 4) is 11.1 Å². The molecule has 4 aromatic rings. The first-order valence-electron chi connectivity index (χ1n) is 12.0. The maximum Gasteiger partial charge on any atom is 0.308 e. The van der Waals surface area contributed by atoms with Crippen LogP contribution >= 0.6 is 27.5 Å². The van der Waals surface area contributed by atoms with Crippen molar-refractivity contribution in [2.24, 2.45) is 13.0 Å². The summed E-state index contributed by atoms with van der Waals surface area (Å²) in [6.45, 7) is 2.30. The summed E-state index contributed by atoms with van der Waals surface area (Å²) in [5.74, 6) is 1.37. The maximum absolute atomic E-state index is 13.4. The molecule has 12 heteroatoms. The maximum atomic E-state index is 13.4. The first-order chi connectivity index (χ1) is 17.1. The highest BCUT2D eigenvalue weighted by molar-refractivity contribution is 9.10. The molecule has 2 aliphatic heterocycles. The van der Waals surface area contributed by atoms with Gasteiger partial charge in [-0.25, -0.2) is 13.9 Å². The predicted molar refractivity (Wildman–Crippen MR) is 146 cm³/mol. The molecule has 0 N–H and O–H groups in total. The topological polar surface area (TPSA) is 89.1 Å². The van der Waals surface area contributed by atoms with Crippen molar-refractivity contribution < 1.29 is 8.42 Å². The van der Waals surface area contributed by atoms with Gasteiger partial charge in [0.15, 0.2) is 11.5 Å². The van der Waals surface area contributed by atoms with E-state index < -0.39 is 10.2 Å². The quantitative estimate of drug-likeness (QED) is 0.338. The van der Waals surface area contributed by atoms with Crippen LogP contribution in [-0.2, 0) is 17.3 Å². The van der Waals surface area contributed by atoms with Gasteiger partial charge in [0.05, 0.1) is 10.5 Å². The standard InChI is InChI=1S/C24H27BrClN7O2S/c1-13-9-14-5-6-15(10-13)33(14)24-22(25)27-21-17(12-32(23(21)28-24)36(34,35)30(2)3)16-7-8-19-18(20(16)26)11-31(4)29-19/h7-8,11-15H,5-6,9-10H2,1-4H3/t13?,14-,15+. The van der Waals surface area contributed by atoms with Crippen LogP contribution in [0.2, 0.25) is 5.02 Å². The van der Waals surface area contributed by atoms with E-state index in [9.17, 15) is 8.42 Å². The zero-order valence-corrected chi connectivity index (χ0v) is 23.6. The number of aromatic nitrogens is 5. The highest BCUT2D eigenvalue weighted by Crippen LogP contribution is 2.44. The molecule has 3 aromatic heterocycles. The van der Waals surface area contributed by atoms with Gasteiger partial charge in [-0.15, -0.1) is 0 Å². The minimum absolute atomic E-state index is 0.289. The van der Waals surface area contributed by atoms with Gasteiger partial charge in [0, 0.05) is 62.1 Å². The summed E-state index contributed by atoms with van der Waals surface area (Å²) in [4.78, 5) is 12.2. The number of aryl methyl sites for hydroxylation is 1. The Morgan fingerprint density at radius 2 is 1.78 bits per heavy atom. The van der Waals surface area contributed by atoms with Crippen LogP contribution in [0, 0.1) is 5.92 Å². The number of piperidine rings is 1. The minimum Gasteiger partial charge on any atom is -0.348 e. The number of rotatable bonds is 4. The Hall–Kier alpha value is -2.21. The second-order valence-corrected chi connectivity index (χ2v) is 13.3. The third-order valence-electron chi connectivity index (χ3n) is 7.48. The monoisotopic (exact) mass is 591 g/mol. The van der Waals surface area contributed by atoms with E-state index in [1.165, 1.54) is 22.4 Å². The number of nitrogens with zero attached hydrogens (tertiary/aromatic N) is 7. The van der Waals surface area contributed by atoms with Crippen LogP contribution in [0.3, 0.4) is 0 Å². The molecule has 2 aliphatic rings. The average Bonchev–Trinajstić information content (AvgIpc) is 3.45. The lowest BCUT2D eigenvalue weighted by molar-refractivity contribution is 0.361. The molecule has 0 radical (unpaired) electrons. The summed E-state index contributed by atoms with van der Waals surface area (Å²) >= 11 is 10.5. The van der Waals surface area contributed by atoms with Gasteiger partial charge in [-0.05, 0) is 53.6 Å². The Labute approximate surface area is 223 Å². The molecule has 5 heterocycles. The first-order valence-corrected chi connectivity index (χ1v) is 14.5. The lowest BCUT2D eigenvalue weighted by atomic mass is 9.92. The molecule has 0 saturated carbocycles.